The van der Waals surface area contributed by atoms with E-state index in [-0.39, 0.29) is 24.9 Å². The first-order valence-corrected chi connectivity index (χ1v) is 7.35. The molecule has 0 aliphatic carbocycles. The fraction of sp³-hybridized carbons (Fsp3) is 0.250. The van der Waals surface area contributed by atoms with E-state index in [0.717, 1.165) is 5.56 Å². The second-order valence-electron chi connectivity index (χ2n) is 5.09. The Bertz CT molecular complexity index is 797. The fourth-order valence-electron chi connectivity index (χ4n) is 1.96. The van der Waals surface area contributed by atoms with Crippen molar-refractivity contribution >= 4 is 5.91 Å². The third kappa shape index (κ3) is 4.26. The second-order valence-corrected chi connectivity index (χ2v) is 5.09. The summed E-state index contributed by atoms with van der Waals surface area (Å²) in [6.07, 6.45) is 0. The molecule has 8 nitrogen and oxygen atoms in total. The number of amides is 1. The Morgan fingerprint density at radius 1 is 1.21 bits per heavy atom. The van der Waals surface area contributed by atoms with Crippen molar-refractivity contribution in [1.29, 1.82) is 0 Å². The molecule has 1 amide bonds. The Morgan fingerprint density at radius 3 is 2.79 bits per heavy atom. The predicted molar refractivity (Wildman–Crippen MR) is 82.5 cm³/mol. The molecule has 124 valence electrons. The van der Waals surface area contributed by atoms with E-state index in [1.807, 2.05) is 30.3 Å². The molecule has 0 spiro atoms. The minimum Gasteiger partial charge on any atom is -0.367 e. The number of hydrogen-bond donors (Lipinski definition) is 1. The van der Waals surface area contributed by atoms with Gasteiger partial charge in [-0.2, -0.15) is 4.98 Å². The van der Waals surface area contributed by atoms with Crippen molar-refractivity contribution < 1.29 is 18.6 Å². The van der Waals surface area contributed by atoms with Gasteiger partial charge in [0.05, 0.1) is 13.2 Å². The van der Waals surface area contributed by atoms with Gasteiger partial charge in [-0.1, -0.05) is 40.6 Å². The van der Waals surface area contributed by atoms with E-state index in [2.05, 4.69) is 20.6 Å². The SMILES string of the molecule is Cc1cc(-c2noc(CNC(=O)COCc3ccccc3)n2)no1. The monoisotopic (exact) mass is 328 g/mol. The maximum Gasteiger partial charge on any atom is 0.246 e. The van der Waals surface area contributed by atoms with Gasteiger partial charge in [0.15, 0.2) is 5.69 Å². The summed E-state index contributed by atoms with van der Waals surface area (Å²) in [6, 6.07) is 11.3. The topological polar surface area (TPSA) is 103 Å². The molecule has 0 aliphatic heterocycles. The number of nitrogens with one attached hydrogen (secondary N) is 1. The highest BCUT2D eigenvalue weighted by atomic mass is 16.5. The molecule has 3 aromatic rings. The Labute approximate surface area is 137 Å². The van der Waals surface area contributed by atoms with Crippen LogP contribution in [0.15, 0.2) is 45.4 Å². The fourth-order valence-corrected chi connectivity index (χ4v) is 1.96. The molecule has 0 saturated heterocycles. The van der Waals surface area contributed by atoms with E-state index in [4.69, 9.17) is 13.8 Å². The Kier molecular flexibility index (Phi) is 4.97. The lowest BCUT2D eigenvalue weighted by molar-refractivity contribution is -0.126. The number of carbonyl (C=O) groups excluding carboxylic acids is 1. The van der Waals surface area contributed by atoms with Gasteiger partial charge in [0.1, 0.15) is 12.4 Å². The largest absolute Gasteiger partial charge is 0.367 e. The van der Waals surface area contributed by atoms with Crippen molar-refractivity contribution in [1.82, 2.24) is 20.6 Å². The van der Waals surface area contributed by atoms with Crippen LogP contribution in [0.2, 0.25) is 0 Å². The number of benzene rings is 1. The average Bonchev–Trinajstić information content (AvgIpc) is 3.23. The molecule has 0 atom stereocenters. The molecule has 2 heterocycles. The lowest BCUT2D eigenvalue weighted by atomic mass is 10.2. The lowest BCUT2D eigenvalue weighted by Crippen LogP contribution is -2.27. The Balaban J connectivity index is 1.42. The van der Waals surface area contributed by atoms with Crippen LogP contribution in [-0.4, -0.2) is 27.8 Å². The van der Waals surface area contributed by atoms with Crippen LogP contribution in [0.3, 0.4) is 0 Å². The van der Waals surface area contributed by atoms with Gasteiger partial charge in [0.25, 0.3) is 0 Å². The van der Waals surface area contributed by atoms with Crippen molar-refractivity contribution in [3.8, 4) is 11.5 Å². The second kappa shape index (κ2) is 7.51. The van der Waals surface area contributed by atoms with E-state index in [1.54, 1.807) is 13.0 Å². The van der Waals surface area contributed by atoms with Crippen LogP contribution in [0.4, 0.5) is 0 Å². The highest BCUT2D eigenvalue weighted by Crippen LogP contribution is 2.14. The van der Waals surface area contributed by atoms with Gasteiger partial charge in [0.2, 0.25) is 17.6 Å². The molecular formula is C16H16N4O4. The summed E-state index contributed by atoms with van der Waals surface area (Å²) in [6.45, 7) is 2.23. The maximum absolute atomic E-state index is 11.7. The van der Waals surface area contributed by atoms with Gasteiger partial charge >= 0.3 is 0 Å². The number of ether oxygens (including phenoxy) is 1. The highest BCUT2D eigenvalue weighted by molar-refractivity contribution is 5.77. The predicted octanol–water partition coefficient (Wildman–Crippen LogP) is 1.87. The van der Waals surface area contributed by atoms with Crippen molar-refractivity contribution in [3.05, 3.63) is 53.6 Å². The Hall–Kier alpha value is -3.00. The number of aryl methyl sites for hydroxylation is 1. The van der Waals surface area contributed by atoms with Crippen LogP contribution in [0.1, 0.15) is 17.2 Å². The molecule has 0 radical (unpaired) electrons. The minimum atomic E-state index is -0.261. The summed E-state index contributed by atoms with van der Waals surface area (Å²) >= 11 is 0. The van der Waals surface area contributed by atoms with E-state index < -0.39 is 0 Å². The van der Waals surface area contributed by atoms with Crippen LogP contribution in [0, 0.1) is 6.92 Å². The smallest absolute Gasteiger partial charge is 0.246 e. The third-order valence-electron chi connectivity index (χ3n) is 3.11. The molecule has 1 aromatic carbocycles. The van der Waals surface area contributed by atoms with Crippen molar-refractivity contribution in [2.45, 2.75) is 20.1 Å². The van der Waals surface area contributed by atoms with E-state index in [9.17, 15) is 4.79 Å². The summed E-state index contributed by atoms with van der Waals surface area (Å²) < 4.78 is 15.3. The zero-order valence-corrected chi connectivity index (χ0v) is 13.1. The van der Waals surface area contributed by atoms with Crippen LogP contribution < -0.4 is 5.32 Å². The van der Waals surface area contributed by atoms with Crippen molar-refractivity contribution in [2.75, 3.05) is 6.61 Å². The van der Waals surface area contributed by atoms with E-state index in [1.165, 1.54) is 0 Å². The number of rotatable bonds is 7. The summed E-state index contributed by atoms with van der Waals surface area (Å²) in [5.74, 6) is 0.988. The average molecular weight is 328 g/mol. The Morgan fingerprint density at radius 2 is 2.04 bits per heavy atom. The summed E-state index contributed by atoms with van der Waals surface area (Å²) in [5, 5.41) is 10.2. The lowest BCUT2D eigenvalue weighted by Gasteiger charge is -2.04. The van der Waals surface area contributed by atoms with Gasteiger partial charge in [-0.3, -0.25) is 4.79 Å². The molecular weight excluding hydrogens is 312 g/mol. The molecule has 2 aromatic heterocycles. The first-order chi connectivity index (χ1) is 11.7. The molecule has 24 heavy (non-hydrogen) atoms. The summed E-state index contributed by atoms with van der Waals surface area (Å²) in [7, 11) is 0. The standard InChI is InChI=1S/C16H16N4O4/c1-11-7-13(19-23-11)16-18-15(24-20-16)8-17-14(21)10-22-9-12-5-3-2-4-6-12/h2-7H,8-10H2,1H3,(H,17,21). The first kappa shape index (κ1) is 15.9. The first-order valence-electron chi connectivity index (χ1n) is 7.35. The van der Waals surface area contributed by atoms with Gasteiger partial charge < -0.3 is 19.1 Å². The highest BCUT2D eigenvalue weighted by Gasteiger charge is 2.13. The van der Waals surface area contributed by atoms with Gasteiger partial charge in [-0.25, -0.2) is 0 Å². The number of carbonyl (C=O) groups is 1. The molecule has 8 heteroatoms. The molecule has 0 aliphatic rings. The van der Waals surface area contributed by atoms with Crippen LogP contribution in [0.25, 0.3) is 11.5 Å². The van der Waals surface area contributed by atoms with Crippen LogP contribution >= 0.6 is 0 Å². The number of nitrogens with zero attached hydrogens (tertiary/aromatic N) is 3. The zero-order chi connectivity index (χ0) is 16.8. The molecule has 0 unspecified atom stereocenters. The number of hydrogen-bond acceptors (Lipinski definition) is 7. The van der Waals surface area contributed by atoms with E-state index >= 15 is 0 Å². The van der Waals surface area contributed by atoms with Gasteiger partial charge in [0, 0.05) is 6.07 Å². The van der Waals surface area contributed by atoms with Crippen LogP contribution in [0.5, 0.6) is 0 Å². The minimum absolute atomic E-state index is 0.0433. The van der Waals surface area contributed by atoms with E-state index in [0.29, 0.717) is 23.9 Å². The summed E-state index contributed by atoms with van der Waals surface area (Å²) in [5.41, 5.74) is 1.50. The maximum atomic E-state index is 11.7. The molecule has 0 fully saturated rings. The molecule has 1 N–H and O–H groups in total. The molecule has 3 rings (SSSR count). The van der Waals surface area contributed by atoms with Crippen molar-refractivity contribution in [3.63, 3.8) is 0 Å². The van der Waals surface area contributed by atoms with Crippen molar-refractivity contribution in [2.24, 2.45) is 0 Å². The third-order valence-corrected chi connectivity index (χ3v) is 3.11. The quantitative estimate of drug-likeness (QED) is 0.706. The van der Waals surface area contributed by atoms with Gasteiger partial charge in [-0.05, 0) is 12.5 Å². The normalized spacial score (nSPS) is 10.7. The summed E-state index contributed by atoms with van der Waals surface area (Å²) in [4.78, 5) is 15.9. The number of aromatic nitrogens is 3. The van der Waals surface area contributed by atoms with Crippen LogP contribution in [-0.2, 0) is 22.7 Å². The van der Waals surface area contributed by atoms with Gasteiger partial charge in [-0.15, -0.1) is 0 Å². The zero-order valence-electron chi connectivity index (χ0n) is 13.1. The molecule has 0 saturated carbocycles. The molecule has 0 bridgehead atoms.